The molecule has 0 saturated carbocycles. The first-order chi connectivity index (χ1) is 13.3. The Morgan fingerprint density at radius 3 is 2.14 bits per heavy atom. The number of hydrogen-bond donors (Lipinski definition) is 0. The topological polar surface area (TPSA) is 20.3 Å². The SMILES string of the molecule is CC1(c2ccccc2)CC(C)(C)N(C(=O)c2ccc(Cl)cc2)c2ccccc21. The molecule has 0 spiro atoms. The highest BCUT2D eigenvalue weighted by Gasteiger charge is 2.47. The van der Waals surface area contributed by atoms with Crippen LogP contribution < -0.4 is 4.90 Å². The molecule has 1 aliphatic rings. The molecule has 28 heavy (non-hydrogen) atoms. The molecule has 142 valence electrons. The lowest BCUT2D eigenvalue weighted by atomic mass is 9.65. The van der Waals surface area contributed by atoms with Crippen LogP contribution in [0.4, 0.5) is 5.69 Å². The van der Waals surface area contributed by atoms with Crippen molar-refractivity contribution in [2.75, 3.05) is 4.90 Å². The van der Waals surface area contributed by atoms with Crippen LogP contribution >= 0.6 is 11.6 Å². The van der Waals surface area contributed by atoms with Crippen molar-refractivity contribution in [2.24, 2.45) is 0 Å². The standard InChI is InChI=1S/C25H24ClNO/c1-24(2)17-25(3,19-9-5-4-6-10-19)21-11-7-8-12-22(21)27(24)23(28)18-13-15-20(26)16-14-18/h4-16H,17H2,1-3H3. The number of halogens is 1. The maximum Gasteiger partial charge on any atom is 0.258 e. The maximum atomic E-state index is 13.5. The number of rotatable bonds is 2. The first-order valence-corrected chi connectivity index (χ1v) is 9.96. The fourth-order valence-corrected chi connectivity index (χ4v) is 4.80. The van der Waals surface area contributed by atoms with Crippen molar-refractivity contribution < 1.29 is 4.79 Å². The molecule has 1 aliphatic heterocycles. The van der Waals surface area contributed by atoms with Crippen LogP contribution in [0.1, 0.15) is 48.7 Å². The van der Waals surface area contributed by atoms with Gasteiger partial charge in [-0.05, 0) is 61.7 Å². The lowest BCUT2D eigenvalue weighted by Gasteiger charge is -2.51. The van der Waals surface area contributed by atoms with Crippen LogP contribution in [0.3, 0.4) is 0 Å². The Morgan fingerprint density at radius 2 is 1.46 bits per heavy atom. The highest BCUT2D eigenvalue weighted by molar-refractivity contribution is 6.30. The second-order valence-corrected chi connectivity index (χ2v) is 8.79. The van der Waals surface area contributed by atoms with Gasteiger partial charge < -0.3 is 4.90 Å². The predicted octanol–water partition coefficient (Wildman–Crippen LogP) is 6.48. The van der Waals surface area contributed by atoms with Gasteiger partial charge in [0.25, 0.3) is 5.91 Å². The van der Waals surface area contributed by atoms with Crippen molar-refractivity contribution >= 4 is 23.2 Å². The Morgan fingerprint density at radius 1 is 0.857 bits per heavy atom. The third-order valence-electron chi connectivity index (χ3n) is 5.84. The van der Waals surface area contributed by atoms with Gasteiger partial charge in [-0.1, -0.05) is 67.1 Å². The normalized spacial score (nSPS) is 20.5. The van der Waals surface area contributed by atoms with Gasteiger partial charge in [0.15, 0.2) is 0 Å². The van der Waals surface area contributed by atoms with E-state index in [9.17, 15) is 4.79 Å². The van der Waals surface area contributed by atoms with E-state index in [0.717, 1.165) is 12.1 Å². The van der Waals surface area contributed by atoms with Gasteiger partial charge in [0.1, 0.15) is 0 Å². The zero-order valence-corrected chi connectivity index (χ0v) is 17.2. The molecule has 1 unspecified atom stereocenters. The highest BCUT2D eigenvalue weighted by Crippen LogP contribution is 2.50. The van der Waals surface area contributed by atoms with Crippen LogP contribution in [-0.2, 0) is 5.41 Å². The van der Waals surface area contributed by atoms with Crippen LogP contribution in [0.5, 0.6) is 0 Å². The van der Waals surface area contributed by atoms with E-state index in [4.69, 9.17) is 11.6 Å². The summed E-state index contributed by atoms with van der Waals surface area (Å²) in [5.74, 6) is 0.00392. The molecule has 3 aromatic carbocycles. The monoisotopic (exact) mass is 389 g/mol. The fraction of sp³-hybridized carbons (Fsp3) is 0.240. The largest absolute Gasteiger partial charge is 0.302 e. The number of carbonyl (C=O) groups is 1. The molecule has 0 fully saturated rings. The van der Waals surface area contributed by atoms with E-state index in [2.05, 4.69) is 63.2 Å². The Bertz CT molecular complexity index is 1010. The van der Waals surface area contributed by atoms with Gasteiger partial charge in [0, 0.05) is 27.2 Å². The van der Waals surface area contributed by atoms with E-state index < -0.39 is 0 Å². The van der Waals surface area contributed by atoms with Gasteiger partial charge in [-0.15, -0.1) is 0 Å². The summed E-state index contributed by atoms with van der Waals surface area (Å²) < 4.78 is 0. The number of hydrogen-bond acceptors (Lipinski definition) is 1. The average molecular weight is 390 g/mol. The number of amides is 1. The van der Waals surface area contributed by atoms with Crippen molar-refractivity contribution in [3.8, 4) is 0 Å². The summed E-state index contributed by atoms with van der Waals surface area (Å²) in [7, 11) is 0. The molecule has 1 amide bonds. The number of fused-ring (bicyclic) bond motifs is 1. The Kier molecular flexibility index (Phi) is 4.55. The lowest BCUT2D eigenvalue weighted by molar-refractivity contribution is 0.0948. The number of benzene rings is 3. The molecular weight excluding hydrogens is 366 g/mol. The van der Waals surface area contributed by atoms with Gasteiger partial charge in [0.2, 0.25) is 0 Å². The third kappa shape index (κ3) is 3.02. The smallest absolute Gasteiger partial charge is 0.258 e. The van der Waals surface area contributed by atoms with E-state index in [1.807, 2.05) is 17.0 Å². The predicted molar refractivity (Wildman–Crippen MR) is 116 cm³/mol. The molecule has 3 heteroatoms. The van der Waals surface area contributed by atoms with Gasteiger partial charge in [0.05, 0.1) is 0 Å². The summed E-state index contributed by atoms with van der Waals surface area (Å²) in [6, 6.07) is 26.0. The van der Waals surface area contributed by atoms with Crippen molar-refractivity contribution in [3.63, 3.8) is 0 Å². The van der Waals surface area contributed by atoms with Gasteiger partial charge in [-0.25, -0.2) is 0 Å². The van der Waals surface area contributed by atoms with Crippen LogP contribution in [0, 0.1) is 0 Å². The van der Waals surface area contributed by atoms with E-state index in [1.54, 1.807) is 24.3 Å². The molecule has 0 aliphatic carbocycles. The molecule has 0 radical (unpaired) electrons. The van der Waals surface area contributed by atoms with E-state index in [1.165, 1.54) is 11.1 Å². The van der Waals surface area contributed by atoms with Crippen molar-refractivity contribution in [1.82, 2.24) is 0 Å². The number of para-hydroxylation sites is 1. The Labute approximate surface area is 171 Å². The quantitative estimate of drug-likeness (QED) is 0.491. The van der Waals surface area contributed by atoms with E-state index in [-0.39, 0.29) is 16.9 Å². The number of carbonyl (C=O) groups excluding carboxylic acids is 1. The van der Waals surface area contributed by atoms with Gasteiger partial charge in [-0.3, -0.25) is 4.79 Å². The molecule has 4 rings (SSSR count). The minimum atomic E-state index is -0.352. The minimum Gasteiger partial charge on any atom is -0.302 e. The first-order valence-electron chi connectivity index (χ1n) is 9.58. The van der Waals surface area contributed by atoms with Crippen LogP contribution in [0.15, 0.2) is 78.9 Å². The lowest BCUT2D eigenvalue weighted by Crippen LogP contribution is -2.55. The summed E-state index contributed by atoms with van der Waals surface area (Å²) in [6.07, 6.45) is 0.834. The number of anilines is 1. The summed E-state index contributed by atoms with van der Waals surface area (Å²) in [6.45, 7) is 6.59. The summed E-state index contributed by atoms with van der Waals surface area (Å²) in [5, 5.41) is 0.631. The number of nitrogens with zero attached hydrogens (tertiary/aromatic N) is 1. The summed E-state index contributed by atoms with van der Waals surface area (Å²) >= 11 is 6.02. The Hall–Kier alpha value is -2.58. The van der Waals surface area contributed by atoms with Crippen molar-refractivity contribution in [3.05, 3.63) is 101 Å². The molecule has 2 nitrogen and oxygen atoms in total. The van der Waals surface area contributed by atoms with Crippen LogP contribution in [0.2, 0.25) is 5.02 Å². The molecular formula is C25H24ClNO. The third-order valence-corrected chi connectivity index (χ3v) is 6.09. The average Bonchev–Trinajstić information content (AvgIpc) is 2.68. The van der Waals surface area contributed by atoms with E-state index >= 15 is 0 Å². The maximum absolute atomic E-state index is 13.5. The fourth-order valence-electron chi connectivity index (χ4n) is 4.67. The van der Waals surface area contributed by atoms with Crippen molar-refractivity contribution in [2.45, 2.75) is 38.1 Å². The highest BCUT2D eigenvalue weighted by atomic mass is 35.5. The summed E-state index contributed by atoms with van der Waals surface area (Å²) in [4.78, 5) is 15.5. The van der Waals surface area contributed by atoms with E-state index in [0.29, 0.717) is 10.6 Å². The minimum absolute atomic E-state index is 0.00392. The molecule has 3 aromatic rings. The van der Waals surface area contributed by atoms with Gasteiger partial charge in [-0.2, -0.15) is 0 Å². The first kappa shape index (κ1) is 18.8. The zero-order chi connectivity index (χ0) is 19.9. The van der Waals surface area contributed by atoms with Crippen LogP contribution in [0.25, 0.3) is 0 Å². The molecule has 0 bridgehead atoms. The second kappa shape index (κ2) is 6.79. The molecule has 1 atom stereocenters. The molecule has 0 aromatic heterocycles. The molecule has 0 N–H and O–H groups in total. The van der Waals surface area contributed by atoms with Gasteiger partial charge >= 0.3 is 0 Å². The second-order valence-electron chi connectivity index (χ2n) is 8.35. The zero-order valence-electron chi connectivity index (χ0n) is 16.4. The summed E-state index contributed by atoms with van der Waals surface area (Å²) in [5.41, 5.74) is 3.56. The van der Waals surface area contributed by atoms with Crippen molar-refractivity contribution in [1.29, 1.82) is 0 Å². The van der Waals surface area contributed by atoms with Crippen LogP contribution in [-0.4, -0.2) is 11.4 Å². The molecule has 0 saturated heterocycles. The Balaban J connectivity index is 1.88. The molecule has 1 heterocycles.